The van der Waals surface area contributed by atoms with Crippen molar-refractivity contribution in [2.45, 2.75) is 38.5 Å². The van der Waals surface area contributed by atoms with Crippen LogP contribution in [0, 0.1) is 6.92 Å². The molecule has 1 aliphatic rings. The van der Waals surface area contributed by atoms with Gasteiger partial charge in [0.05, 0.1) is 17.1 Å². The summed E-state index contributed by atoms with van der Waals surface area (Å²) >= 11 is 0. The summed E-state index contributed by atoms with van der Waals surface area (Å²) in [6.07, 6.45) is 0.789. The van der Waals surface area contributed by atoms with Gasteiger partial charge in [0.1, 0.15) is 23.3 Å². The van der Waals surface area contributed by atoms with Crippen LogP contribution in [-0.2, 0) is 17.5 Å². The summed E-state index contributed by atoms with van der Waals surface area (Å²) < 4.78 is 46.8. The lowest BCUT2D eigenvalue weighted by Crippen LogP contribution is -2.41. The number of alkyl halides is 3. The van der Waals surface area contributed by atoms with E-state index < -0.39 is 11.7 Å². The predicted molar refractivity (Wildman–Crippen MR) is 138 cm³/mol. The van der Waals surface area contributed by atoms with E-state index in [-0.39, 0.29) is 17.7 Å². The van der Waals surface area contributed by atoms with E-state index in [0.717, 1.165) is 53.8 Å². The molecule has 198 valence electrons. The summed E-state index contributed by atoms with van der Waals surface area (Å²) in [5, 5.41) is 9.48. The van der Waals surface area contributed by atoms with Crippen molar-refractivity contribution in [3.8, 4) is 11.5 Å². The minimum absolute atomic E-state index is 0.0106. The number of halogens is 3. The number of hydrogen-bond acceptors (Lipinski definition) is 6. The van der Waals surface area contributed by atoms with Gasteiger partial charge < -0.3 is 25.3 Å². The minimum atomic E-state index is -4.44. The van der Waals surface area contributed by atoms with Crippen LogP contribution in [0.2, 0.25) is 0 Å². The summed E-state index contributed by atoms with van der Waals surface area (Å²) in [7, 11) is 0. The van der Waals surface area contributed by atoms with Crippen molar-refractivity contribution in [2.24, 2.45) is 0 Å². The number of anilines is 2. The molecule has 3 N–H and O–H groups in total. The van der Waals surface area contributed by atoms with Crippen LogP contribution in [-0.4, -0.2) is 39.6 Å². The van der Waals surface area contributed by atoms with Crippen LogP contribution < -0.4 is 20.7 Å². The highest BCUT2D eigenvalue weighted by molar-refractivity contribution is 5.88. The fraction of sp³-hybridized carbons (Fsp3) is 0.296. The van der Waals surface area contributed by atoms with Gasteiger partial charge in [0.15, 0.2) is 5.82 Å². The third-order valence-electron chi connectivity index (χ3n) is 6.41. The van der Waals surface area contributed by atoms with E-state index in [0.29, 0.717) is 24.7 Å². The molecule has 0 radical (unpaired) electrons. The van der Waals surface area contributed by atoms with Gasteiger partial charge in [-0.15, -0.1) is 0 Å². The first kappa shape index (κ1) is 25.5. The molecular weight excluding hydrogens is 497 g/mol. The number of carbonyl (C=O) groups is 1. The number of ether oxygens (including phenoxy) is 1. The molecule has 0 saturated carbocycles. The molecule has 38 heavy (non-hydrogen) atoms. The number of aryl methyl sites for hydroxylation is 1. The lowest BCUT2D eigenvalue weighted by atomic mass is 10.2. The van der Waals surface area contributed by atoms with Gasteiger partial charge in [0.2, 0.25) is 5.91 Å². The summed E-state index contributed by atoms with van der Waals surface area (Å²) in [6, 6.07) is 11.8. The number of nitrogens with one attached hydrogen (secondary N) is 3. The maximum atomic E-state index is 13.0. The highest BCUT2D eigenvalue weighted by Gasteiger charge is 2.30. The average Bonchev–Trinajstić information content (AvgIpc) is 3.57. The van der Waals surface area contributed by atoms with E-state index >= 15 is 0 Å². The SMILES string of the molecule is Cc1cc(Nc2ncnc3ccn(CCNC(=O)[C@@H]4CCCN4)c23)ccc1Oc1cccc(C(F)(F)F)c1. The maximum absolute atomic E-state index is 13.0. The number of amides is 1. The number of carbonyl (C=O) groups excluding carboxylic acids is 1. The van der Waals surface area contributed by atoms with E-state index in [1.165, 1.54) is 18.5 Å². The molecule has 0 unspecified atom stereocenters. The number of hydrogen-bond donors (Lipinski definition) is 3. The van der Waals surface area contributed by atoms with E-state index in [1.54, 1.807) is 12.1 Å². The lowest BCUT2D eigenvalue weighted by molar-refractivity contribution is -0.137. The molecular formula is C27H27F3N6O2. The number of aromatic nitrogens is 3. The maximum Gasteiger partial charge on any atom is 0.416 e. The Hall–Kier alpha value is -4.12. The minimum Gasteiger partial charge on any atom is -0.457 e. The molecule has 8 nitrogen and oxygen atoms in total. The fourth-order valence-electron chi connectivity index (χ4n) is 4.48. The Morgan fingerprint density at radius 2 is 2.05 bits per heavy atom. The van der Waals surface area contributed by atoms with Crippen LogP contribution in [0.1, 0.15) is 24.0 Å². The van der Waals surface area contributed by atoms with Crippen molar-refractivity contribution in [1.82, 2.24) is 25.2 Å². The molecule has 1 atom stereocenters. The van der Waals surface area contributed by atoms with Gasteiger partial charge in [-0.2, -0.15) is 13.2 Å². The molecule has 5 rings (SSSR count). The third kappa shape index (κ3) is 5.72. The van der Waals surface area contributed by atoms with Gasteiger partial charge in [-0.25, -0.2) is 9.97 Å². The standard InChI is InChI=1S/C27H27F3N6O2/c1-17-14-19(7-8-23(17)38-20-5-2-4-18(15-20)27(28,29)30)35-25-24-21(33-16-34-25)9-12-36(24)13-11-32-26(37)22-6-3-10-31-22/h2,4-5,7-9,12,14-16,22,31H,3,6,10-11,13H2,1H3,(H,32,37)(H,33,34,35)/t22-/m0/s1. The van der Waals surface area contributed by atoms with Crippen molar-refractivity contribution in [2.75, 3.05) is 18.4 Å². The highest BCUT2D eigenvalue weighted by atomic mass is 19.4. The number of rotatable bonds is 8. The Labute approximate surface area is 217 Å². The first-order valence-electron chi connectivity index (χ1n) is 12.3. The third-order valence-corrected chi connectivity index (χ3v) is 6.41. The smallest absolute Gasteiger partial charge is 0.416 e. The molecule has 1 fully saturated rings. The van der Waals surface area contributed by atoms with E-state index in [2.05, 4.69) is 25.9 Å². The van der Waals surface area contributed by atoms with Gasteiger partial charge in [0, 0.05) is 25.0 Å². The second-order valence-electron chi connectivity index (χ2n) is 9.14. The largest absolute Gasteiger partial charge is 0.457 e. The van der Waals surface area contributed by atoms with Crippen LogP contribution in [0.5, 0.6) is 11.5 Å². The van der Waals surface area contributed by atoms with Gasteiger partial charge >= 0.3 is 6.18 Å². The highest BCUT2D eigenvalue weighted by Crippen LogP contribution is 2.34. The molecule has 3 heterocycles. The summed E-state index contributed by atoms with van der Waals surface area (Å²) in [4.78, 5) is 21.1. The molecule has 4 aromatic rings. The molecule has 1 aliphatic heterocycles. The molecule has 2 aromatic carbocycles. The van der Waals surface area contributed by atoms with Crippen molar-refractivity contribution < 1.29 is 22.7 Å². The zero-order chi connectivity index (χ0) is 26.7. The van der Waals surface area contributed by atoms with Crippen LogP contribution in [0.25, 0.3) is 11.0 Å². The first-order valence-corrected chi connectivity index (χ1v) is 12.3. The van der Waals surface area contributed by atoms with Crippen molar-refractivity contribution in [3.63, 3.8) is 0 Å². The Morgan fingerprint density at radius 3 is 2.82 bits per heavy atom. The Balaban J connectivity index is 1.29. The summed E-state index contributed by atoms with van der Waals surface area (Å²) in [5.41, 5.74) is 2.25. The van der Waals surface area contributed by atoms with Crippen LogP contribution in [0.4, 0.5) is 24.7 Å². The summed E-state index contributed by atoms with van der Waals surface area (Å²) in [6.45, 7) is 3.70. The van der Waals surface area contributed by atoms with E-state index in [4.69, 9.17) is 4.74 Å². The van der Waals surface area contributed by atoms with Gasteiger partial charge in [-0.05, 0) is 74.3 Å². The van der Waals surface area contributed by atoms with E-state index in [9.17, 15) is 18.0 Å². The second kappa shape index (κ2) is 10.7. The number of nitrogens with zero attached hydrogens (tertiary/aromatic N) is 3. The summed E-state index contributed by atoms with van der Waals surface area (Å²) in [5.74, 6) is 1.15. The molecule has 0 bridgehead atoms. The topological polar surface area (TPSA) is 93.1 Å². The monoisotopic (exact) mass is 524 g/mol. The molecule has 1 saturated heterocycles. The van der Waals surface area contributed by atoms with Gasteiger partial charge in [-0.1, -0.05) is 6.07 Å². The van der Waals surface area contributed by atoms with Crippen LogP contribution in [0.15, 0.2) is 61.1 Å². The van der Waals surface area contributed by atoms with Crippen molar-refractivity contribution >= 4 is 28.4 Å². The number of benzene rings is 2. The normalized spacial score (nSPS) is 15.5. The molecule has 0 aliphatic carbocycles. The second-order valence-corrected chi connectivity index (χ2v) is 9.14. The predicted octanol–water partition coefficient (Wildman–Crippen LogP) is 5.16. The molecule has 0 spiro atoms. The fourth-order valence-corrected chi connectivity index (χ4v) is 4.48. The van der Waals surface area contributed by atoms with Crippen LogP contribution in [0.3, 0.4) is 0 Å². The zero-order valence-electron chi connectivity index (χ0n) is 20.7. The molecule has 2 aromatic heterocycles. The number of fused-ring (bicyclic) bond motifs is 1. The van der Waals surface area contributed by atoms with Crippen molar-refractivity contribution in [3.05, 3.63) is 72.2 Å². The molecule has 1 amide bonds. The Morgan fingerprint density at radius 1 is 1.18 bits per heavy atom. The van der Waals surface area contributed by atoms with Gasteiger partial charge in [0.25, 0.3) is 0 Å². The quantitative estimate of drug-likeness (QED) is 0.295. The molecule has 11 heteroatoms. The van der Waals surface area contributed by atoms with Crippen LogP contribution >= 0.6 is 0 Å². The first-order chi connectivity index (χ1) is 18.3. The average molecular weight is 525 g/mol. The lowest BCUT2D eigenvalue weighted by Gasteiger charge is -2.15. The van der Waals surface area contributed by atoms with E-state index in [1.807, 2.05) is 29.8 Å². The Bertz CT molecular complexity index is 1450. The van der Waals surface area contributed by atoms with Gasteiger partial charge in [-0.3, -0.25) is 4.79 Å². The Kier molecular flexibility index (Phi) is 7.19. The zero-order valence-corrected chi connectivity index (χ0v) is 20.7. The van der Waals surface area contributed by atoms with Crippen molar-refractivity contribution in [1.29, 1.82) is 0 Å².